The van der Waals surface area contributed by atoms with Crippen LogP contribution in [-0.2, 0) is 32.2 Å². The Morgan fingerprint density at radius 1 is 0.915 bits per heavy atom. The van der Waals surface area contributed by atoms with Gasteiger partial charge in [-0.1, -0.05) is 6.07 Å². The molecule has 0 amide bonds. The van der Waals surface area contributed by atoms with Gasteiger partial charge in [-0.3, -0.25) is 14.8 Å². The highest BCUT2D eigenvalue weighted by molar-refractivity contribution is 7.11. The average Bonchev–Trinajstić information content (AvgIpc) is 3.56. The first kappa shape index (κ1) is 41.5. The van der Waals surface area contributed by atoms with Crippen LogP contribution < -0.4 is 0 Å². The van der Waals surface area contributed by atoms with E-state index in [1.54, 1.807) is 0 Å². The second-order valence-corrected chi connectivity index (χ2v) is 11.7. The summed E-state index contributed by atoms with van der Waals surface area (Å²) in [5.74, 6) is -8.27. The van der Waals surface area contributed by atoms with Gasteiger partial charge in [0.1, 0.15) is 0 Å². The minimum Gasteiger partial charge on any atom is -0.475 e. The van der Waals surface area contributed by atoms with Crippen LogP contribution in [0.1, 0.15) is 34.7 Å². The van der Waals surface area contributed by atoms with Crippen molar-refractivity contribution in [2.75, 3.05) is 26.7 Å². The Bertz CT molecular complexity index is 1220. The van der Waals surface area contributed by atoms with Crippen LogP contribution >= 0.6 is 11.3 Å². The summed E-state index contributed by atoms with van der Waals surface area (Å²) in [6.07, 6.45) is -9.90. The number of carbonyl (C=O) groups is 3. The Morgan fingerprint density at radius 2 is 1.40 bits per heavy atom. The zero-order chi connectivity index (χ0) is 36.2. The largest absolute Gasteiger partial charge is 0.490 e. The molecule has 2 saturated heterocycles. The molecule has 10 nitrogen and oxygen atoms in total. The Kier molecular flexibility index (Phi) is 15.6. The number of aliphatic carboxylic acids is 3. The molecular formula is C27H32F9N3O7S. The predicted molar refractivity (Wildman–Crippen MR) is 147 cm³/mol. The Balaban J connectivity index is 0.000000430. The molecule has 1 spiro atoms. The standard InChI is InChI=1S/C21H29N3OS.3C2HF3O2/c1-17-6-7-20(26-17)15-24-11-8-21(9-12-24)13-19(16-25-21)23(2)14-18-5-3-4-10-22-18;3*3-2(4,5)1(6)7/h3-7,10,19H,8-9,11-16H2,1-2H3;3*(H,6,7). The number of hydrogen-bond acceptors (Lipinski definition) is 8. The van der Waals surface area contributed by atoms with E-state index in [4.69, 9.17) is 34.4 Å². The van der Waals surface area contributed by atoms with E-state index in [1.165, 1.54) is 9.75 Å². The number of nitrogens with zero attached hydrogens (tertiary/aromatic N) is 3. The number of aryl methyl sites for hydroxylation is 1. The predicted octanol–water partition coefficient (Wildman–Crippen LogP) is 5.61. The Hall–Kier alpha value is -3.49. The highest BCUT2D eigenvalue weighted by Crippen LogP contribution is 2.38. The van der Waals surface area contributed by atoms with Gasteiger partial charge in [0, 0.05) is 48.2 Å². The van der Waals surface area contributed by atoms with E-state index in [0.717, 1.165) is 57.7 Å². The summed E-state index contributed by atoms with van der Waals surface area (Å²) in [6, 6.07) is 11.2. The maximum atomic E-state index is 10.6. The van der Waals surface area contributed by atoms with E-state index in [-0.39, 0.29) is 5.60 Å². The monoisotopic (exact) mass is 713 g/mol. The first-order valence-corrected chi connectivity index (χ1v) is 14.2. The van der Waals surface area contributed by atoms with Crippen LogP contribution in [0.5, 0.6) is 0 Å². The maximum absolute atomic E-state index is 10.6. The lowest BCUT2D eigenvalue weighted by Crippen LogP contribution is -2.44. The van der Waals surface area contributed by atoms with Crippen LogP contribution in [0.15, 0.2) is 36.5 Å². The quantitative estimate of drug-likeness (QED) is 0.335. The molecule has 2 aromatic rings. The molecule has 3 N–H and O–H groups in total. The first-order valence-electron chi connectivity index (χ1n) is 13.4. The topological polar surface area (TPSA) is 140 Å². The van der Waals surface area contributed by atoms with Crippen molar-refractivity contribution in [1.82, 2.24) is 14.8 Å². The number of piperidine rings is 1. The lowest BCUT2D eigenvalue weighted by atomic mass is 9.87. The van der Waals surface area contributed by atoms with E-state index in [0.29, 0.717) is 6.04 Å². The molecule has 266 valence electrons. The molecule has 4 heterocycles. The van der Waals surface area contributed by atoms with Gasteiger partial charge in [-0.15, -0.1) is 11.3 Å². The molecule has 2 aliphatic heterocycles. The summed E-state index contributed by atoms with van der Waals surface area (Å²) >= 11 is 1.92. The number of likely N-dealkylation sites (N-methyl/N-ethyl adjacent to an activating group) is 1. The molecule has 2 fully saturated rings. The van der Waals surface area contributed by atoms with Gasteiger partial charge < -0.3 is 20.1 Å². The summed E-state index contributed by atoms with van der Waals surface area (Å²) < 4.78 is 102. The number of aromatic nitrogens is 1. The zero-order valence-electron chi connectivity index (χ0n) is 24.8. The van der Waals surface area contributed by atoms with Crippen molar-refractivity contribution >= 4 is 29.2 Å². The van der Waals surface area contributed by atoms with E-state index in [9.17, 15) is 39.5 Å². The Labute approximate surface area is 266 Å². The number of carboxylic acid groups (broad SMARTS) is 3. The van der Waals surface area contributed by atoms with Crippen molar-refractivity contribution < 1.29 is 74.0 Å². The molecule has 0 saturated carbocycles. The molecule has 2 aliphatic rings. The van der Waals surface area contributed by atoms with Crippen LogP contribution in [0.3, 0.4) is 0 Å². The van der Waals surface area contributed by atoms with Gasteiger partial charge in [0.15, 0.2) is 0 Å². The van der Waals surface area contributed by atoms with Crippen molar-refractivity contribution in [3.8, 4) is 0 Å². The smallest absolute Gasteiger partial charge is 0.475 e. The number of hydrogen-bond donors (Lipinski definition) is 3. The molecule has 0 bridgehead atoms. The molecule has 2 aromatic heterocycles. The molecular weight excluding hydrogens is 681 g/mol. The summed E-state index contributed by atoms with van der Waals surface area (Å²) in [4.78, 5) is 39.0. The van der Waals surface area contributed by atoms with Crippen LogP contribution in [0.2, 0.25) is 0 Å². The SMILES string of the molecule is Cc1ccc(CN2CCC3(CC2)CC(N(C)Cc2ccccn2)CO3)s1.O=C(O)C(F)(F)F.O=C(O)C(F)(F)F.O=C(O)C(F)(F)F. The van der Waals surface area contributed by atoms with Gasteiger partial charge in [0.05, 0.1) is 17.9 Å². The third-order valence-corrected chi connectivity index (χ3v) is 7.61. The summed E-state index contributed by atoms with van der Waals surface area (Å²) in [5, 5.41) is 21.4. The van der Waals surface area contributed by atoms with Gasteiger partial charge >= 0.3 is 36.4 Å². The van der Waals surface area contributed by atoms with Crippen LogP contribution in [0, 0.1) is 6.92 Å². The number of alkyl halides is 9. The van der Waals surface area contributed by atoms with Crippen molar-refractivity contribution in [2.45, 2.75) is 69.4 Å². The minimum absolute atomic E-state index is 0.102. The van der Waals surface area contributed by atoms with Gasteiger partial charge in [-0.2, -0.15) is 39.5 Å². The second kappa shape index (κ2) is 17.6. The summed E-state index contributed by atoms with van der Waals surface area (Å²) in [5.41, 5.74) is 1.24. The molecule has 0 aliphatic carbocycles. The number of ether oxygens (including phenoxy) is 1. The lowest BCUT2D eigenvalue weighted by molar-refractivity contribution is -0.193. The van der Waals surface area contributed by atoms with Crippen LogP contribution in [-0.4, -0.2) is 105 Å². The fourth-order valence-electron chi connectivity index (χ4n) is 4.24. The van der Waals surface area contributed by atoms with E-state index < -0.39 is 36.4 Å². The van der Waals surface area contributed by atoms with Gasteiger partial charge in [-0.05, 0) is 57.5 Å². The third-order valence-electron chi connectivity index (χ3n) is 6.62. The molecule has 20 heteroatoms. The zero-order valence-corrected chi connectivity index (χ0v) is 25.6. The lowest BCUT2D eigenvalue weighted by Gasteiger charge is -2.38. The summed E-state index contributed by atoms with van der Waals surface area (Å²) in [7, 11) is 2.20. The number of thiophene rings is 1. The maximum Gasteiger partial charge on any atom is 0.490 e. The van der Waals surface area contributed by atoms with Crippen molar-refractivity contribution in [2.24, 2.45) is 0 Å². The number of likely N-dealkylation sites (tertiary alicyclic amines) is 1. The van der Waals surface area contributed by atoms with Crippen LogP contribution in [0.25, 0.3) is 0 Å². The van der Waals surface area contributed by atoms with E-state index in [1.807, 2.05) is 23.6 Å². The molecule has 47 heavy (non-hydrogen) atoms. The van der Waals surface area contributed by atoms with E-state index in [2.05, 4.69) is 53.0 Å². The fourth-order valence-corrected chi connectivity index (χ4v) is 5.17. The van der Waals surface area contributed by atoms with Crippen LogP contribution in [0.4, 0.5) is 39.5 Å². The second-order valence-electron chi connectivity index (χ2n) is 10.3. The van der Waals surface area contributed by atoms with Crippen molar-refractivity contribution in [1.29, 1.82) is 0 Å². The summed E-state index contributed by atoms with van der Waals surface area (Å²) in [6.45, 7) is 7.33. The Morgan fingerprint density at radius 3 is 1.79 bits per heavy atom. The highest BCUT2D eigenvalue weighted by atomic mass is 32.1. The number of rotatable bonds is 5. The molecule has 4 rings (SSSR count). The van der Waals surface area contributed by atoms with Crippen molar-refractivity contribution in [3.63, 3.8) is 0 Å². The number of pyridine rings is 1. The van der Waals surface area contributed by atoms with Gasteiger partial charge in [0.2, 0.25) is 0 Å². The number of halogens is 9. The molecule has 0 radical (unpaired) electrons. The minimum atomic E-state index is -5.08. The highest BCUT2D eigenvalue weighted by Gasteiger charge is 2.44. The van der Waals surface area contributed by atoms with Gasteiger partial charge in [0.25, 0.3) is 0 Å². The average molecular weight is 714 g/mol. The normalized spacial score (nSPS) is 17.8. The van der Waals surface area contributed by atoms with E-state index >= 15 is 0 Å². The van der Waals surface area contributed by atoms with Gasteiger partial charge in [-0.25, -0.2) is 14.4 Å². The molecule has 1 unspecified atom stereocenters. The number of carboxylic acids is 3. The third kappa shape index (κ3) is 15.8. The van der Waals surface area contributed by atoms with Crippen molar-refractivity contribution in [3.05, 3.63) is 52.0 Å². The fraction of sp³-hybridized carbons (Fsp3) is 0.556. The first-order chi connectivity index (χ1) is 21.4. The molecule has 1 atom stereocenters. The molecule has 0 aromatic carbocycles.